The molecule has 0 saturated carbocycles. The molecule has 0 bridgehead atoms. The summed E-state index contributed by atoms with van der Waals surface area (Å²) in [5.41, 5.74) is 1.30. The Morgan fingerprint density at radius 3 is 2.91 bits per heavy atom. The molecule has 1 saturated heterocycles. The second-order valence-corrected chi connectivity index (χ2v) is 5.85. The van der Waals surface area contributed by atoms with Crippen molar-refractivity contribution in [3.05, 3.63) is 48.5 Å². The van der Waals surface area contributed by atoms with Crippen molar-refractivity contribution in [2.24, 2.45) is 0 Å². The number of aromatic nitrogens is 3. The molecule has 0 spiro atoms. The Bertz CT molecular complexity index is 582. The lowest BCUT2D eigenvalue weighted by Gasteiger charge is -2.32. The van der Waals surface area contributed by atoms with E-state index in [1.54, 1.807) is 12.7 Å². The Hall–Kier alpha value is -2.17. The van der Waals surface area contributed by atoms with Gasteiger partial charge in [-0.25, -0.2) is 9.67 Å². The summed E-state index contributed by atoms with van der Waals surface area (Å²) in [6.45, 7) is 1.63. The molecule has 1 atom stereocenters. The maximum Gasteiger partial charge on any atom is 0.222 e. The standard InChI is InChI=1S/C17H22N4O/c22-17(10-4-8-15-6-2-1-3-7-15)20-11-5-9-16(12-20)21-14-18-13-19-21/h1-3,6-7,13-14,16H,4-5,8-12H2/t16-/m1/s1. The van der Waals surface area contributed by atoms with Crippen LogP contribution >= 0.6 is 0 Å². The summed E-state index contributed by atoms with van der Waals surface area (Å²) in [5, 5.41) is 4.20. The fourth-order valence-corrected chi connectivity index (χ4v) is 3.05. The molecule has 1 aromatic carbocycles. The van der Waals surface area contributed by atoms with Crippen LogP contribution in [0.1, 0.15) is 37.3 Å². The molecular formula is C17H22N4O. The van der Waals surface area contributed by atoms with Gasteiger partial charge in [0.05, 0.1) is 6.04 Å². The number of hydrogen-bond donors (Lipinski definition) is 0. The third-order valence-corrected chi connectivity index (χ3v) is 4.26. The van der Waals surface area contributed by atoms with Crippen LogP contribution in [0.25, 0.3) is 0 Å². The van der Waals surface area contributed by atoms with Gasteiger partial charge in [-0.15, -0.1) is 0 Å². The lowest BCUT2D eigenvalue weighted by Crippen LogP contribution is -2.40. The Kier molecular flexibility index (Phi) is 4.83. The summed E-state index contributed by atoms with van der Waals surface area (Å²) in [4.78, 5) is 18.4. The minimum absolute atomic E-state index is 0.265. The minimum Gasteiger partial charge on any atom is -0.341 e. The second kappa shape index (κ2) is 7.20. The monoisotopic (exact) mass is 298 g/mol. The highest BCUT2D eigenvalue weighted by Gasteiger charge is 2.24. The van der Waals surface area contributed by atoms with E-state index in [4.69, 9.17) is 0 Å². The summed E-state index contributed by atoms with van der Waals surface area (Å²) in [6, 6.07) is 10.6. The Morgan fingerprint density at radius 2 is 2.14 bits per heavy atom. The minimum atomic E-state index is 0.265. The summed E-state index contributed by atoms with van der Waals surface area (Å²) in [5.74, 6) is 0.265. The van der Waals surface area contributed by atoms with Gasteiger partial charge in [0.2, 0.25) is 5.91 Å². The molecule has 1 aromatic heterocycles. The first kappa shape index (κ1) is 14.8. The predicted molar refractivity (Wildman–Crippen MR) is 84.3 cm³/mol. The van der Waals surface area contributed by atoms with Crippen molar-refractivity contribution in [2.75, 3.05) is 13.1 Å². The summed E-state index contributed by atoms with van der Waals surface area (Å²) in [7, 11) is 0. The molecule has 2 heterocycles. The molecule has 0 radical (unpaired) electrons. The van der Waals surface area contributed by atoms with Crippen LogP contribution in [0.2, 0.25) is 0 Å². The third-order valence-electron chi connectivity index (χ3n) is 4.26. The van der Waals surface area contributed by atoms with E-state index in [0.717, 1.165) is 38.8 Å². The Morgan fingerprint density at radius 1 is 1.27 bits per heavy atom. The van der Waals surface area contributed by atoms with Crippen molar-refractivity contribution in [3.8, 4) is 0 Å². The van der Waals surface area contributed by atoms with Crippen molar-refractivity contribution in [3.63, 3.8) is 0 Å². The Labute approximate surface area is 131 Å². The third kappa shape index (κ3) is 3.72. The van der Waals surface area contributed by atoms with E-state index in [2.05, 4.69) is 22.2 Å². The van der Waals surface area contributed by atoms with Gasteiger partial charge in [0.25, 0.3) is 0 Å². The first-order valence-corrected chi connectivity index (χ1v) is 7.99. The molecule has 0 N–H and O–H groups in total. The van der Waals surface area contributed by atoms with Crippen LogP contribution in [0, 0.1) is 0 Å². The zero-order valence-corrected chi connectivity index (χ0v) is 12.8. The number of benzene rings is 1. The van der Waals surface area contributed by atoms with E-state index < -0.39 is 0 Å². The molecule has 22 heavy (non-hydrogen) atoms. The normalized spacial score (nSPS) is 18.4. The zero-order chi connectivity index (χ0) is 15.2. The van der Waals surface area contributed by atoms with Gasteiger partial charge < -0.3 is 4.90 Å². The van der Waals surface area contributed by atoms with E-state index in [1.807, 2.05) is 27.8 Å². The number of carbonyl (C=O) groups excluding carboxylic acids is 1. The summed E-state index contributed by atoms with van der Waals surface area (Å²) >= 11 is 0. The highest BCUT2D eigenvalue weighted by Crippen LogP contribution is 2.21. The largest absolute Gasteiger partial charge is 0.341 e. The van der Waals surface area contributed by atoms with Crippen LogP contribution in [0.15, 0.2) is 43.0 Å². The number of nitrogens with zero attached hydrogens (tertiary/aromatic N) is 4. The van der Waals surface area contributed by atoms with E-state index in [0.29, 0.717) is 6.42 Å². The van der Waals surface area contributed by atoms with Gasteiger partial charge >= 0.3 is 0 Å². The maximum atomic E-state index is 12.4. The van der Waals surface area contributed by atoms with Gasteiger partial charge in [0, 0.05) is 19.5 Å². The number of piperidine rings is 1. The number of likely N-dealkylation sites (tertiary alicyclic amines) is 1. The van der Waals surface area contributed by atoms with Crippen molar-refractivity contribution < 1.29 is 4.79 Å². The maximum absolute atomic E-state index is 12.4. The SMILES string of the molecule is O=C(CCCc1ccccc1)N1CCC[C@@H](n2cncn2)C1. The van der Waals surface area contributed by atoms with E-state index in [1.165, 1.54) is 5.56 Å². The topological polar surface area (TPSA) is 51.0 Å². The van der Waals surface area contributed by atoms with Crippen LogP contribution < -0.4 is 0 Å². The van der Waals surface area contributed by atoms with Crippen LogP contribution in [0.5, 0.6) is 0 Å². The van der Waals surface area contributed by atoms with Gasteiger partial charge in [-0.05, 0) is 31.2 Å². The van der Waals surface area contributed by atoms with Gasteiger partial charge in [-0.2, -0.15) is 5.10 Å². The first-order chi connectivity index (χ1) is 10.8. The van der Waals surface area contributed by atoms with Crippen LogP contribution in [-0.2, 0) is 11.2 Å². The first-order valence-electron chi connectivity index (χ1n) is 7.99. The molecule has 1 amide bonds. The highest BCUT2D eigenvalue weighted by atomic mass is 16.2. The zero-order valence-electron chi connectivity index (χ0n) is 12.8. The van der Waals surface area contributed by atoms with Crippen molar-refractivity contribution in [1.82, 2.24) is 19.7 Å². The van der Waals surface area contributed by atoms with Gasteiger partial charge in [0.15, 0.2) is 0 Å². The molecule has 5 nitrogen and oxygen atoms in total. The fourth-order valence-electron chi connectivity index (χ4n) is 3.05. The molecule has 2 aromatic rings. The summed E-state index contributed by atoms with van der Waals surface area (Å²) < 4.78 is 1.88. The number of aryl methyl sites for hydroxylation is 1. The van der Waals surface area contributed by atoms with E-state index in [-0.39, 0.29) is 11.9 Å². The van der Waals surface area contributed by atoms with Gasteiger partial charge in [-0.3, -0.25) is 4.79 Å². The highest BCUT2D eigenvalue weighted by molar-refractivity contribution is 5.76. The number of amides is 1. The smallest absolute Gasteiger partial charge is 0.222 e. The van der Waals surface area contributed by atoms with E-state index >= 15 is 0 Å². The average Bonchev–Trinajstić information content (AvgIpc) is 3.10. The molecule has 1 aliphatic rings. The summed E-state index contributed by atoms with van der Waals surface area (Å²) in [6.07, 6.45) is 7.90. The lowest BCUT2D eigenvalue weighted by molar-refractivity contribution is -0.133. The number of rotatable bonds is 5. The van der Waals surface area contributed by atoms with Crippen LogP contribution in [-0.4, -0.2) is 38.7 Å². The second-order valence-electron chi connectivity index (χ2n) is 5.85. The molecule has 1 fully saturated rings. The molecule has 3 rings (SSSR count). The fraction of sp³-hybridized carbons (Fsp3) is 0.471. The van der Waals surface area contributed by atoms with Gasteiger partial charge in [-0.1, -0.05) is 30.3 Å². The van der Waals surface area contributed by atoms with Crippen LogP contribution in [0.3, 0.4) is 0 Å². The van der Waals surface area contributed by atoms with E-state index in [9.17, 15) is 4.79 Å². The number of carbonyl (C=O) groups is 1. The molecular weight excluding hydrogens is 276 g/mol. The van der Waals surface area contributed by atoms with Gasteiger partial charge in [0.1, 0.15) is 12.7 Å². The van der Waals surface area contributed by atoms with Crippen molar-refractivity contribution in [1.29, 1.82) is 0 Å². The molecule has 0 aliphatic carbocycles. The average molecular weight is 298 g/mol. The quantitative estimate of drug-likeness (QED) is 0.852. The lowest BCUT2D eigenvalue weighted by atomic mass is 10.0. The molecule has 116 valence electrons. The number of hydrogen-bond acceptors (Lipinski definition) is 3. The Balaban J connectivity index is 1.47. The van der Waals surface area contributed by atoms with Crippen LogP contribution in [0.4, 0.5) is 0 Å². The predicted octanol–water partition coefficient (Wildman–Crippen LogP) is 2.46. The molecule has 1 aliphatic heterocycles. The van der Waals surface area contributed by atoms with Crippen molar-refractivity contribution in [2.45, 2.75) is 38.1 Å². The molecule has 0 unspecified atom stereocenters. The molecule has 5 heteroatoms. The van der Waals surface area contributed by atoms with Crippen molar-refractivity contribution >= 4 is 5.91 Å².